The Morgan fingerprint density at radius 1 is 1.39 bits per heavy atom. The van der Waals surface area contributed by atoms with Crippen molar-refractivity contribution in [1.82, 2.24) is 9.97 Å². The summed E-state index contributed by atoms with van der Waals surface area (Å²) < 4.78 is 5.21. The largest absolute Gasteiger partial charge is 0.497 e. The third-order valence-electron chi connectivity index (χ3n) is 3.34. The predicted molar refractivity (Wildman–Crippen MR) is 91.0 cm³/mol. The number of ether oxygens (including phenoxy) is 1. The number of hydrogen-bond donors (Lipinski definition) is 1. The maximum Gasteiger partial charge on any atom is 0.254 e. The van der Waals surface area contributed by atoms with Crippen LogP contribution >= 0.6 is 11.8 Å². The lowest BCUT2D eigenvalue weighted by Gasteiger charge is -2.14. The number of rotatable bonds is 5. The lowest BCUT2D eigenvalue weighted by molar-refractivity contribution is 0.414. The smallest absolute Gasteiger partial charge is 0.254 e. The molecule has 6 heteroatoms. The van der Waals surface area contributed by atoms with Crippen molar-refractivity contribution in [3.05, 3.63) is 51.4 Å². The van der Waals surface area contributed by atoms with Crippen molar-refractivity contribution < 1.29 is 4.74 Å². The lowest BCUT2D eigenvalue weighted by Crippen LogP contribution is -2.18. The second-order valence-electron chi connectivity index (χ2n) is 5.39. The molecule has 0 spiro atoms. The van der Waals surface area contributed by atoms with E-state index in [1.807, 2.05) is 32.0 Å². The molecule has 0 aliphatic heterocycles. The van der Waals surface area contributed by atoms with Gasteiger partial charge in [0.2, 0.25) is 0 Å². The molecule has 1 heterocycles. The lowest BCUT2D eigenvalue weighted by atomic mass is 9.94. The number of aromatic amines is 1. The van der Waals surface area contributed by atoms with Crippen LogP contribution < -0.4 is 10.3 Å². The van der Waals surface area contributed by atoms with Gasteiger partial charge in [-0.25, -0.2) is 4.98 Å². The third kappa shape index (κ3) is 3.93. The third-order valence-corrected chi connectivity index (χ3v) is 4.23. The highest BCUT2D eigenvalue weighted by molar-refractivity contribution is 7.99. The number of nitriles is 1. The van der Waals surface area contributed by atoms with E-state index in [9.17, 15) is 10.1 Å². The minimum Gasteiger partial charge on any atom is -0.497 e. The number of methoxy groups -OCH3 is 1. The van der Waals surface area contributed by atoms with E-state index in [1.54, 1.807) is 20.1 Å². The van der Waals surface area contributed by atoms with Crippen LogP contribution in [0.3, 0.4) is 0 Å². The van der Waals surface area contributed by atoms with Crippen molar-refractivity contribution >= 4 is 11.8 Å². The summed E-state index contributed by atoms with van der Waals surface area (Å²) in [4.78, 5) is 19.5. The molecule has 2 aromatic rings. The van der Waals surface area contributed by atoms with Gasteiger partial charge >= 0.3 is 0 Å². The molecule has 0 bridgehead atoms. The summed E-state index contributed by atoms with van der Waals surface area (Å²) in [5.41, 5.74) is 1.51. The molecule has 0 aliphatic carbocycles. The van der Waals surface area contributed by atoms with E-state index in [1.165, 1.54) is 11.8 Å². The molecular formula is C17H19N3O2S. The zero-order chi connectivity index (χ0) is 17.0. The molecule has 0 saturated carbocycles. The van der Waals surface area contributed by atoms with Crippen LogP contribution in [0.15, 0.2) is 34.2 Å². The first-order valence-electron chi connectivity index (χ1n) is 7.27. The topological polar surface area (TPSA) is 78.8 Å². The summed E-state index contributed by atoms with van der Waals surface area (Å²) in [6.07, 6.45) is 0. The second kappa shape index (κ2) is 7.34. The first-order valence-corrected chi connectivity index (χ1v) is 8.15. The van der Waals surface area contributed by atoms with Crippen molar-refractivity contribution in [2.75, 3.05) is 7.11 Å². The normalized spacial score (nSPS) is 12.0. The van der Waals surface area contributed by atoms with Crippen molar-refractivity contribution in [2.45, 2.75) is 37.1 Å². The number of nitrogens with one attached hydrogen (secondary N) is 1. The fourth-order valence-corrected chi connectivity index (χ4v) is 2.95. The Morgan fingerprint density at radius 3 is 2.74 bits per heavy atom. The predicted octanol–water partition coefficient (Wildman–Crippen LogP) is 3.24. The number of H-pyrrole nitrogens is 1. The summed E-state index contributed by atoms with van der Waals surface area (Å²) in [6, 6.07) is 9.53. The van der Waals surface area contributed by atoms with Gasteiger partial charge in [-0.2, -0.15) is 5.26 Å². The molecule has 0 radical (unpaired) electrons. The van der Waals surface area contributed by atoms with E-state index in [0.717, 1.165) is 5.56 Å². The molecule has 23 heavy (non-hydrogen) atoms. The minimum atomic E-state index is -0.612. The highest BCUT2D eigenvalue weighted by atomic mass is 32.2. The minimum absolute atomic E-state index is 0.207. The molecule has 1 atom stereocenters. The fraction of sp³-hybridized carbons (Fsp3) is 0.353. The van der Waals surface area contributed by atoms with Gasteiger partial charge in [0.05, 0.1) is 18.9 Å². The maximum absolute atomic E-state index is 12.2. The molecule has 5 nitrogen and oxygen atoms in total. The molecule has 0 aliphatic rings. The molecule has 1 aromatic carbocycles. The summed E-state index contributed by atoms with van der Waals surface area (Å²) in [5, 5.41) is 10.5. The van der Waals surface area contributed by atoms with Gasteiger partial charge in [-0.1, -0.05) is 37.7 Å². The van der Waals surface area contributed by atoms with E-state index < -0.39 is 5.92 Å². The van der Waals surface area contributed by atoms with E-state index >= 15 is 0 Å². The first-order chi connectivity index (χ1) is 11.0. The summed E-state index contributed by atoms with van der Waals surface area (Å²) in [6.45, 7) is 5.73. The highest BCUT2D eigenvalue weighted by Crippen LogP contribution is 2.28. The molecule has 1 unspecified atom stereocenters. The van der Waals surface area contributed by atoms with E-state index in [-0.39, 0.29) is 10.8 Å². The number of benzene rings is 1. The number of hydrogen-bond acceptors (Lipinski definition) is 5. The standard InChI is InChI=1S/C17H19N3O2S/c1-10(2)23-17-19-15(11(3)16(21)20-17)14(9-18)12-6-5-7-13(8-12)22-4/h5-8,10,14H,1-4H3,(H,19,20,21). The SMILES string of the molecule is COc1cccc(C(C#N)c2nc(SC(C)C)[nH]c(=O)c2C)c1. The molecule has 1 aromatic heterocycles. The highest BCUT2D eigenvalue weighted by Gasteiger charge is 2.21. The second-order valence-corrected chi connectivity index (χ2v) is 6.95. The Hall–Kier alpha value is -2.26. The quantitative estimate of drug-likeness (QED) is 0.673. The van der Waals surface area contributed by atoms with Gasteiger partial charge in [0.1, 0.15) is 11.7 Å². The van der Waals surface area contributed by atoms with E-state index in [0.29, 0.717) is 22.2 Å². The van der Waals surface area contributed by atoms with E-state index in [4.69, 9.17) is 4.74 Å². The van der Waals surface area contributed by atoms with Crippen LogP contribution in [-0.2, 0) is 0 Å². The monoisotopic (exact) mass is 329 g/mol. The van der Waals surface area contributed by atoms with Crippen LogP contribution in [0.1, 0.15) is 36.6 Å². The van der Waals surface area contributed by atoms with Gasteiger partial charge in [0.25, 0.3) is 5.56 Å². The Bertz CT molecular complexity index is 793. The summed E-state index contributed by atoms with van der Waals surface area (Å²) in [7, 11) is 1.58. The van der Waals surface area contributed by atoms with Crippen molar-refractivity contribution in [3.63, 3.8) is 0 Å². The van der Waals surface area contributed by atoms with Crippen LogP contribution in [0, 0.1) is 18.3 Å². The molecule has 0 fully saturated rings. The molecule has 120 valence electrons. The van der Waals surface area contributed by atoms with Gasteiger partial charge in [0.15, 0.2) is 5.16 Å². The Kier molecular flexibility index (Phi) is 5.45. The van der Waals surface area contributed by atoms with Gasteiger partial charge in [-0.15, -0.1) is 0 Å². The number of aromatic nitrogens is 2. The zero-order valence-corrected chi connectivity index (χ0v) is 14.4. The van der Waals surface area contributed by atoms with Gasteiger partial charge in [0, 0.05) is 10.8 Å². The van der Waals surface area contributed by atoms with Crippen molar-refractivity contribution in [1.29, 1.82) is 5.26 Å². The zero-order valence-electron chi connectivity index (χ0n) is 13.6. The van der Waals surface area contributed by atoms with Gasteiger partial charge in [-0.3, -0.25) is 4.79 Å². The Balaban J connectivity index is 2.54. The van der Waals surface area contributed by atoms with Gasteiger partial charge < -0.3 is 9.72 Å². The van der Waals surface area contributed by atoms with Gasteiger partial charge in [-0.05, 0) is 24.6 Å². The van der Waals surface area contributed by atoms with Crippen LogP contribution in [0.5, 0.6) is 5.75 Å². The molecule has 0 amide bonds. The summed E-state index contributed by atoms with van der Waals surface area (Å²) in [5.74, 6) is 0.0564. The average Bonchev–Trinajstić information content (AvgIpc) is 2.52. The maximum atomic E-state index is 12.2. The Labute approximate surface area is 139 Å². The molecule has 2 rings (SSSR count). The first kappa shape index (κ1) is 17.1. The summed E-state index contributed by atoms with van der Waals surface area (Å²) >= 11 is 1.47. The number of thioether (sulfide) groups is 1. The van der Waals surface area contributed by atoms with Crippen molar-refractivity contribution in [3.8, 4) is 11.8 Å². The number of nitrogens with zero attached hydrogens (tertiary/aromatic N) is 2. The Morgan fingerprint density at radius 2 is 2.13 bits per heavy atom. The molecule has 0 saturated heterocycles. The average molecular weight is 329 g/mol. The van der Waals surface area contributed by atoms with Crippen LogP contribution in [0.25, 0.3) is 0 Å². The van der Waals surface area contributed by atoms with Crippen LogP contribution in [-0.4, -0.2) is 22.3 Å². The van der Waals surface area contributed by atoms with Crippen LogP contribution in [0.2, 0.25) is 0 Å². The molecular weight excluding hydrogens is 310 g/mol. The van der Waals surface area contributed by atoms with Crippen LogP contribution in [0.4, 0.5) is 0 Å². The molecule has 1 N–H and O–H groups in total. The van der Waals surface area contributed by atoms with E-state index in [2.05, 4.69) is 16.0 Å². The van der Waals surface area contributed by atoms with Crippen molar-refractivity contribution in [2.24, 2.45) is 0 Å². The fourth-order valence-electron chi connectivity index (χ4n) is 2.20.